The van der Waals surface area contributed by atoms with E-state index in [0.29, 0.717) is 0 Å². The van der Waals surface area contributed by atoms with Crippen molar-refractivity contribution in [2.24, 2.45) is 5.41 Å². The Balaban J connectivity index is 2.25. The van der Waals surface area contributed by atoms with Crippen LogP contribution in [0.15, 0.2) is 36.7 Å². The van der Waals surface area contributed by atoms with Gasteiger partial charge < -0.3 is 5.11 Å². The lowest BCUT2D eigenvalue weighted by Crippen LogP contribution is -2.19. The van der Waals surface area contributed by atoms with E-state index in [0.717, 1.165) is 11.8 Å². The number of aliphatic hydroxyl groups excluding tert-OH is 1. The molecule has 0 amide bonds. The summed E-state index contributed by atoms with van der Waals surface area (Å²) in [5.74, 6) is 0. The molecule has 1 aromatic heterocycles. The number of hydrogen-bond donors (Lipinski definition) is 1. The normalized spacial score (nSPS) is 26.1. The summed E-state index contributed by atoms with van der Waals surface area (Å²) in [6, 6.07) is 8.33. The Kier molecular flexibility index (Phi) is 2.08. The quantitative estimate of drug-likeness (QED) is 0.855. The van der Waals surface area contributed by atoms with Gasteiger partial charge in [0.1, 0.15) is 0 Å². The van der Waals surface area contributed by atoms with Gasteiger partial charge in [-0.05, 0) is 28.9 Å². The van der Waals surface area contributed by atoms with Crippen LogP contribution in [0.3, 0.4) is 0 Å². The summed E-state index contributed by atoms with van der Waals surface area (Å²) >= 11 is 0. The van der Waals surface area contributed by atoms with Gasteiger partial charge in [0.05, 0.1) is 6.61 Å². The van der Waals surface area contributed by atoms with Gasteiger partial charge in [-0.25, -0.2) is 0 Å². The van der Waals surface area contributed by atoms with Crippen LogP contribution in [0.1, 0.15) is 25.8 Å². The van der Waals surface area contributed by atoms with Crippen molar-refractivity contribution < 1.29 is 5.11 Å². The van der Waals surface area contributed by atoms with Crippen LogP contribution in [0.2, 0.25) is 0 Å². The van der Waals surface area contributed by atoms with E-state index in [9.17, 15) is 5.11 Å². The minimum absolute atomic E-state index is 0.0616. The first-order valence-corrected chi connectivity index (χ1v) is 6.05. The second kappa shape index (κ2) is 3.30. The van der Waals surface area contributed by atoms with Crippen LogP contribution in [-0.4, -0.2) is 16.7 Å². The lowest BCUT2D eigenvalue weighted by molar-refractivity contribution is 0.232. The minimum Gasteiger partial charge on any atom is -0.395 e. The molecule has 17 heavy (non-hydrogen) atoms. The van der Waals surface area contributed by atoms with Gasteiger partial charge in [-0.3, -0.25) is 4.98 Å². The molecule has 2 aromatic rings. The van der Waals surface area contributed by atoms with Gasteiger partial charge in [-0.1, -0.05) is 32.0 Å². The van der Waals surface area contributed by atoms with Crippen LogP contribution in [-0.2, 0) is 5.41 Å². The summed E-state index contributed by atoms with van der Waals surface area (Å²) in [5, 5.41) is 12.2. The Labute approximate surface area is 101 Å². The zero-order valence-electron chi connectivity index (χ0n) is 10.3. The number of hydrogen-bond acceptors (Lipinski definition) is 2. The maximum absolute atomic E-state index is 9.79. The fraction of sp³-hybridized carbons (Fsp3) is 0.400. The molecule has 0 bridgehead atoms. The van der Waals surface area contributed by atoms with Gasteiger partial charge in [0.2, 0.25) is 0 Å². The fourth-order valence-corrected chi connectivity index (χ4v) is 3.06. The number of rotatable bonds is 2. The van der Waals surface area contributed by atoms with Gasteiger partial charge >= 0.3 is 0 Å². The zero-order chi connectivity index (χ0) is 12.1. The van der Waals surface area contributed by atoms with Gasteiger partial charge in [0, 0.05) is 23.2 Å². The number of aliphatic hydroxyl groups is 1. The third kappa shape index (κ3) is 1.34. The summed E-state index contributed by atoms with van der Waals surface area (Å²) in [6.45, 7) is 4.67. The van der Waals surface area contributed by atoms with Crippen molar-refractivity contribution in [3.05, 3.63) is 42.2 Å². The molecule has 1 aliphatic rings. The minimum atomic E-state index is -0.0616. The number of pyridine rings is 1. The van der Waals surface area contributed by atoms with E-state index in [1.807, 2.05) is 12.4 Å². The summed E-state index contributed by atoms with van der Waals surface area (Å²) in [5.41, 5.74) is 1.40. The van der Waals surface area contributed by atoms with Crippen molar-refractivity contribution in [2.75, 3.05) is 6.61 Å². The highest BCUT2D eigenvalue weighted by Crippen LogP contribution is 2.64. The van der Waals surface area contributed by atoms with E-state index in [1.165, 1.54) is 10.9 Å². The first-order chi connectivity index (χ1) is 8.11. The maximum atomic E-state index is 9.79. The summed E-state index contributed by atoms with van der Waals surface area (Å²) in [7, 11) is 0. The van der Waals surface area contributed by atoms with Gasteiger partial charge in [0.15, 0.2) is 0 Å². The molecule has 1 saturated carbocycles. The van der Waals surface area contributed by atoms with E-state index in [-0.39, 0.29) is 17.4 Å². The Bertz CT molecular complexity index is 571. The third-order valence-corrected chi connectivity index (χ3v) is 4.38. The first kappa shape index (κ1) is 10.7. The molecule has 2 heteroatoms. The monoisotopic (exact) mass is 227 g/mol. The highest BCUT2D eigenvalue weighted by molar-refractivity contribution is 5.86. The Morgan fingerprint density at radius 3 is 2.71 bits per heavy atom. The molecule has 2 nitrogen and oxygen atoms in total. The van der Waals surface area contributed by atoms with E-state index >= 15 is 0 Å². The molecule has 88 valence electrons. The lowest BCUT2D eigenvalue weighted by Gasteiger charge is -2.20. The summed E-state index contributed by atoms with van der Waals surface area (Å²) in [4.78, 5) is 4.16. The standard InChI is InChI=1S/C15H17NO/c1-14(2)9-15(14,10-17)13-5-3-4-11-8-16-7-6-12(11)13/h3-8,17H,9-10H2,1-2H3. The van der Waals surface area contributed by atoms with Gasteiger partial charge in [-0.2, -0.15) is 0 Å². The molecular weight excluding hydrogens is 210 g/mol. The second-order valence-electron chi connectivity index (χ2n) is 5.70. The topological polar surface area (TPSA) is 33.1 Å². The highest BCUT2D eigenvalue weighted by atomic mass is 16.3. The average Bonchev–Trinajstić information content (AvgIpc) is 2.92. The highest BCUT2D eigenvalue weighted by Gasteiger charge is 2.61. The Hall–Kier alpha value is -1.41. The van der Waals surface area contributed by atoms with E-state index < -0.39 is 0 Å². The SMILES string of the molecule is CC1(C)CC1(CO)c1cccc2cnccc12. The lowest BCUT2D eigenvalue weighted by atomic mass is 9.86. The van der Waals surface area contributed by atoms with E-state index in [1.54, 1.807) is 0 Å². The smallest absolute Gasteiger partial charge is 0.0533 e. The summed E-state index contributed by atoms with van der Waals surface area (Å²) < 4.78 is 0. The maximum Gasteiger partial charge on any atom is 0.0533 e. The van der Waals surface area contributed by atoms with Crippen molar-refractivity contribution in [1.82, 2.24) is 4.98 Å². The van der Waals surface area contributed by atoms with Crippen molar-refractivity contribution in [1.29, 1.82) is 0 Å². The number of benzene rings is 1. The molecule has 1 aromatic carbocycles. The predicted molar refractivity (Wildman–Crippen MR) is 68.9 cm³/mol. The van der Waals surface area contributed by atoms with Crippen LogP contribution in [0.25, 0.3) is 10.8 Å². The molecule has 1 atom stereocenters. The van der Waals surface area contributed by atoms with E-state index in [2.05, 4.69) is 43.1 Å². The van der Waals surface area contributed by atoms with Crippen molar-refractivity contribution in [3.63, 3.8) is 0 Å². The summed E-state index contributed by atoms with van der Waals surface area (Å²) in [6.07, 6.45) is 4.77. The van der Waals surface area contributed by atoms with Crippen LogP contribution in [0.4, 0.5) is 0 Å². The van der Waals surface area contributed by atoms with Crippen molar-refractivity contribution in [2.45, 2.75) is 25.7 Å². The molecule has 1 fully saturated rings. The Morgan fingerprint density at radius 2 is 2.06 bits per heavy atom. The largest absolute Gasteiger partial charge is 0.395 e. The number of fused-ring (bicyclic) bond motifs is 1. The molecule has 0 spiro atoms. The molecular formula is C15H17NO. The second-order valence-corrected chi connectivity index (χ2v) is 5.70. The predicted octanol–water partition coefficient (Wildman–Crippen LogP) is 2.89. The molecule has 1 heterocycles. The molecule has 1 N–H and O–H groups in total. The molecule has 3 rings (SSSR count). The molecule has 0 aliphatic heterocycles. The van der Waals surface area contributed by atoms with Gasteiger partial charge in [-0.15, -0.1) is 0 Å². The average molecular weight is 227 g/mol. The van der Waals surface area contributed by atoms with Crippen molar-refractivity contribution >= 4 is 10.8 Å². The van der Waals surface area contributed by atoms with Crippen molar-refractivity contribution in [3.8, 4) is 0 Å². The Morgan fingerprint density at radius 1 is 1.29 bits per heavy atom. The third-order valence-electron chi connectivity index (χ3n) is 4.38. The van der Waals surface area contributed by atoms with Crippen LogP contribution in [0, 0.1) is 5.41 Å². The fourth-order valence-electron chi connectivity index (χ4n) is 3.06. The number of aromatic nitrogens is 1. The van der Waals surface area contributed by atoms with Crippen LogP contribution in [0.5, 0.6) is 0 Å². The molecule has 1 aliphatic carbocycles. The van der Waals surface area contributed by atoms with E-state index in [4.69, 9.17) is 0 Å². The van der Waals surface area contributed by atoms with Crippen LogP contribution >= 0.6 is 0 Å². The van der Waals surface area contributed by atoms with Gasteiger partial charge in [0.25, 0.3) is 0 Å². The molecule has 1 unspecified atom stereocenters. The molecule has 0 radical (unpaired) electrons. The number of nitrogens with zero attached hydrogens (tertiary/aromatic N) is 1. The first-order valence-electron chi connectivity index (χ1n) is 6.05. The van der Waals surface area contributed by atoms with Crippen LogP contribution < -0.4 is 0 Å². The zero-order valence-corrected chi connectivity index (χ0v) is 10.3. The molecule has 0 saturated heterocycles.